The number of nitrogens with one attached hydrogen (secondary N) is 2. The first-order valence-electron chi connectivity index (χ1n) is 5.39. The molecule has 0 aromatic heterocycles. The van der Waals surface area contributed by atoms with E-state index < -0.39 is 9.84 Å². The number of sulfone groups is 1. The molecule has 0 spiro atoms. The van der Waals surface area contributed by atoms with Crippen LogP contribution in [-0.2, 0) is 9.84 Å². The third-order valence-electron chi connectivity index (χ3n) is 1.87. The average molecular weight is 375 g/mol. The highest BCUT2D eigenvalue weighted by atomic mass is 127. The van der Waals surface area contributed by atoms with Crippen LogP contribution in [0.1, 0.15) is 13.8 Å². The molecule has 0 aliphatic rings. The summed E-state index contributed by atoms with van der Waals surface area (Å²) in [6, 6.07) is 0. The van der Waals surface area contributed by atoms with Gasteiger partial charge >= 0.3 is 0 Å². The monoisotopic (exact) mass is 375 g/mol. The zero-order valence-corrected chi connectivity index (χ0v) is 13.5. The van der Waals surface area contributed by atoms with Crippen LogP contribution in [0.25, 0.3) is 0 Å². The van der Waals surface area contributed by atoms with Crippen molar-refractivity contribution < 1.29 is 8.42 Å². The molecule has 2 N–H and O–H groups in total. The van der Waals surface area contributed by atoms with Crippen molar-refractivity contribution in [2.24, 2.45) is 4.99 Å². The van der Waals surface area contributed by atoms with Gasteiger partial charge in [0.1, 0.15) is 0 Å². The van der Waals surface area contributed by atoms with E-state index in [1.165, 1.54) is 0 Å². The molecule has 0 aromatic rings. The van der Waals surface area contributed by atoms with E-state index in [0.29, 0.717) is 12.5 Å². The van der Waals surface area contributed by atoms with E-state index in [0.717, 1.165) is 6.54 Å². The molecule has 0 amide bonds. The van der Waals surface area contributed by atoms with E-state index >= 15 is 0 Å². The largest absolute Gasteiger partial charge is 0.357 e. The minimum absolute atomic E-state index is 0. The Balaban J connectivity index is 0. The van der Waals surface area contributed by atoms with Crippen molar-refractivity contribution in [1.29, 1.82) is 0 Å². The van der Waals surface area contributed by atoms with Crippen LogP contribution in [0.2, 0.25) is 0 Å². The molecule has 17 heavy (non-hydrogen) atoms. The lowest BCUT2D eigenvalue weighted by Crippen LogP contribution is -2.37. The second-order valence-electron chi connectivity index (χ2n) is 3.17. The van der Waals surface area contributed by atoms with Gasteiger partial charge in [-0.2, -0.15) is 0 Å². The second kappa shape index (κ2) is 10.8. The Morgan fingerprint density at radius 1 is 1.35 bits per heavy atom. The zero-order valence-electron chi connectivity index (χ0n) is 10.4. The zero-order chi connectivity index (χ0) is 12.4. The van der Waals surface area contributed by atoms with E-state index in [1.807, 2.05) is 6.92 Å². The molecule has 0 saturated heterocycles. The van der Waals surface area contributed by atoms with Gasteiger partial charge in [0, 0.05) is 18.8 Å². The Hall–Kier alpha value is -0.310. The van der Waals surface area contributed by atoms with Gasteiger partial charge < -0.3 is 10.6 Å². The molecule has 0 aliphatic carbocycles. The van der Waals surface area contributed by atoms with Crippen LogP contribution in [-0.4, -0.2) is 45.5 Å². The van der Waals surface area contributed by atoms with Crippen molar-refractivity contribution in [1.82, 2.24) is 10.6 Å². The predicted molar refractivity (Wildman–Crippen MR) is 83.9 cm³/mol. The van der Waals surface area contributed by atoms with Crippen molar-refractivity contribution in [3.8, 4) is 0 Å². The average Bonchev–Trinajstić information content (AvgIpc) is 2.25. The molecule has 0 radical (unpaired) electrons. The summed E-state index contributed by atoms with van der Waals surface area (Å²) in [5.41, 5.74) is 0. The topological polar surface area (TPSA) is 70.6 Å². The summed E-state index contributed by atoms with van der Waals surface area (Å²) in [4.78, 5) is 4.15. The van der Waals surface area contributed by atoms with Crippen LogP contribution in [0.4, 0.5) is 0 Å². The SMILES string of the molecule is C=CCNC(=NCCS(=O)(=O)CC)NCC.I. The van der Waals surface area contributed by atoms with Crippen molar-refractivity contribution in [3.05, 3.63) is 12.7 Å². The minimum Gasteiger partial charge on any atom is -0.357 e. The van der Waals surface area contributed by atoms with Gasteiger partial charge in [-0.3, -0.25) is 4.99 Å². The van der Waals surface area contributed by atoms with Crippen molar-refractivity contribution in [2.45, 2.75) is 13.8 Å². The van der Waals surface area contributed by atoms with Gasteiger partial charge in [0.15, 0.2) is 15.8 Å². The van der Waals surface area contributed by atoms with E-state index in [9.17, 15) is 8.42 Å². The predicted octanol–water partition coefficient (Wildman–Crippen LogP) is 0.780. The van der Waals surface area contributed by atoms with Gasteiger partial charge in [-0.1, -0.05) is 13.0 Å². The van der Waals surface area contributed by atoms with Crippen molar-refractivity contribution >= 4 is 39.8 Å². The summed E-state index contributed by atoms with van der Waals surface area (Å²) >= 11 is 0. The highest BCUT2D eigenvalue weighted by Gasteiger charge is 2.06. The maximum absolute atomic E-state index is 11.2. The normalized spacial score (nSPS) is 11.5. The number of rotatable bonds is 7. The van der Waals surface area contributed by atoms with Crippen LogP contribution in [0.3, 0.4) is 0 Å². The number of hydrogen-bond donors (Lipinski definition) is 2. The Morgan fingerprint density at radius 2 is 2.00 bits per heavy atom. The summed E-state index contributed by atoms with van der Waals surface area (Å²) in [6.45, 7) is 8.80. The number of nitrogens with zero attached hydrogens (tertiary/aromatic N) is 1. The Kier molecular flexibility index (Phi) is 12.1. The van der Waals surface area contributed by atoms with Gasteiger partial charge in [0.2, 0.25) is 0 Å². The van der Waals surface area contributed by atoms with Gasteiger partial charge in [-0.05, 0) is 6.92 Å². The molecule has 0 atom stereocenters. The smallest absolute Gasteiger partial charge is 0.191 e. The summed E-state index contributed by atoms with van der Waals surface area (Å²) < 4.78 is 22.5. The van der Waals surface area contributed by atoms with E-state index in [-0.39, 0.29) is 42.0 Å². The van der Waals surface area contributed by atoms with Gasteiger partial charge in [0.25, 0.3) is 0 Å². The lowest BCUT2D eigenvalue weighted by Gasteiger charge is -2.09. The van der Waals surface area contributed by atoms with E-state index in [1.54, 1.807) is 13.0 Å². The Labute approximate surface area is 121 Å². The van der Waals surface area contributed by atoms with E-state index in [4.69, 9.17) is 0 Å². The lowest BCUT2D eigenvalue weighted by atomic mass is 10.6. The first kappa shape index (κ1) is 19.0. The third kappa shape index (κ3) is 10.6. The fraction of sp³-hybridized carbons (Fsp3) is 0.700. The fourth-order valence-corrected chi connectivity index (χ4v) is 1.61. The first-order chi connectivity index (χ1) is 7.55. The molecule has 0 unspecified atom stereocenters. The summed E-state index contributed by atoms with van der Waals surface area (Å²) in [6.07, 6.45) is 1.72. The number of guanidine groups is 1. The molecule has 0 heterocycles. The Morgan fingerprint density at radius 3 is 2.47 bits per heavy atom. The molecular weight excluding hydrogens is 353 g/mol. The molecule has 0 fully saturated rings. The molecule has 0 saturated carbocycles. The first-order valence-corrected chi connectivity index (χ1v) is 7.21. The third-order valence-corrected chi connectivity index (χ3v) is 3.55. The second-order valence-corrected chi connectivity index (χ2v) is 5.64. The molecule has 0 rings (SSSR count). The van der Waals surface area contributed by atoms with Crippen molar-refractivity contribution in [2.75, 3.05) is 31.1 Å². The standard InChI is InChI=1S/C10H21N3O2S.HI/c1-4-7-12-10(11-5-2)13-8-9-16(14,15)6-3;/h4H,1,5-9H2,2-3H3,(H2,11,12,13);1H. The summed E-state index contributed by atoms with van der Waals surface area (Å²) in [7, 11) is -2.93. The number of aliphatic imine (C=N–C) groups is 1. The number of hydrogen-bond acceptors (Lipinski definition) is 3. The van der Waals surface area contributed by atoms with Crippen molar-refractivity contribution in [3.63, 3.8) is 0 Å². The molecule has 5 nitrogen and oxygen atoms in total. The number of halogens is 1. The highest BCUT2D eigenvalue weighted by molar-refractivity contribution is 14.0. The summed E-state index contributed by atoms with van der Waals surface area (Å²) in [5.74, 6) is 0.876. The molecule has 0 aromatic carbocycles. The van der Waals surface area contributed by atoms with Gasteiger partial charge in [0.05, 0.1) is 12.3 Å². The lowest BCUT2D eigenvalue weighted by molar-refractivity contribution is 0.597. The maximum Gasteiger partial charge on any atom is 0.191 e. The molecule has 102 valence electrons. The van der Waals surface area contributed by atoms with Crippen LogP contribution < -0.4 is 10.6 Å². The van der Waals surface area contributed by atoms with Crippen LogP contribution in [0, 0.1) is 0 Å². The van der Waals surface area contributed by atoms with Gasteiger partial charge in [-0.25, -0.2) is 8.42 Å². The quantitative estimate of drug-likeness (QED) is 0.299. The maximum atomic E-state index is 11.2. The molecular formula is C10H22IN3O2S. The molecule has 7 heteroatoms. The van der Waals surface area contributed by atoms with Gasteiger partial charge in [-0.15, -0.1) is 30.6 Å². The van der Waals surface area contributed by atoms with Crippen LogP contribution >= 0.6 is 24.0 Å². The van der Waals surface area contributed by atoms with E-state index in [2.05, 4.69) is 22.2 Å². The fourth-order valence-electron chi connectivity index (χ4n) is 0.951. The molecule has 0 bridgehead atoms. The van der Waals surface area contributed by atoms with Crippen LogP contribution in [0.15, 0.2) is 17.6 Å². The highest BCUT2D eigenvalue weighted by Crippen LogP contribution is 1.89. The van der Waals surface area contributed by atoms with Crippen LogP contribution in [0.5, 0.6) is 0 Å². The molecule has 0 aliphatic heterocycles. The minimum atomic E-state index is -2.93. The summed E-state index contributed by atoms with van der Waals surface area (Å²) in [5, 5.41) is 6.02. The Bertz CT molecular complexity index is 328.